The van der Waals surface area contributed by atoms with Crippen LogP contribution in [0.15, 0.2) is 18.2 Å². The van der Waals surface area contributed by atoms with E-state index >= 15 is 0 Å². The van der Waals surface area contributed by atoms with Crippen LogP contribution in [0.5, 0.6) is 5.75 Å². The zero-order valence-corrected chi connectivity index (χ0v) is 8.42. The Balaban J connectivity index is 2.36. The first-order valence-electron chi connectivity index (χ1n) is 4.67. The maximum atomic E-state index is 11.1. The number of aromatic hydroxyl groups is 1. The van der Waals surface area contributed by atoms with Crippen molar-refractivity contribution in [3.8, 4) is 5.75 Å². The standard InChI is InChI=1S/C11H11ClO2/c12-9-2-1-3-10(14)11(9)7-4-5-8(13)6-7/h1-3,7,14H,4-6H2. The van der Waals surface area contributed by atoms with Gasteiger partial charge in [-0.15, -0.1) is 0 Å². The van der Waals surface area contributed by atoms with E-state index < -0.39 is 0 Å². The Labute approximate surface area is 87.5 Å². The van der Waals surface area contributed by atoms with Gasteiger partial charge in [-0.1, -0.05) is 17.7 Å². The number of ketones is 1. The Kier molecular flexibility index (Phi) is 2.46. The van der Waals surface area contributed by atoms with Gasteiger partial charge < -0.3 is 5.11 Å². The summed E-state index contributed by atoms with van der Waals surface area (Å²) in [4.78, 5) is 11.1. The van der Waals surface area contributed by atoms with Crippen molar-refractivity contribution in [2.45, 2.75) is 25.2 Å². The maximum Gasteiger partial charge on any atom is 0.133 e. The van der Waals surface area contributed by atoms with Crippen LogP contribution in [0.1, 0.15) is 30.7 Å². The number of carbonyl (C=O) groups excluding carboxylic acids is 1. The van der Waals surface area contributed by atoms with Gasteiger partial charge in [-0.2, -0.15) is 0 Å². The highest BCUT2D eigenvalue weighted by Crippen LogP contribution is 2.40. The lowest BCUT2D eigenvalue weighted by Crippen LogP contribution is -1.95. The number of halogens is 1. The van der Waals surface area contributed by atoms with Gasteiger partial charge in [0.1, 0.15) is 11.5 Å². The summed E-state index contributed by atoms with van der Waals surface area (Å²) in [5.74, 6) is 0.572. The van der Waals surface area contributed by atoms with E-state index in [4.69, 9.17) is 11.6 Å². The van der Waals surface area contributed by atoms with Gasteiger partial charge in [-0.05, 0) is 24.5 Å². The summed E-state index contributed by atoms with van der Waals surface area (Å²) in [7, 11) is 0. The molecular formula is C11H11ClO2. The predicted octanol–water partition coefficient (Wildman–Crippen LogP) is 2.88. The van der Waals surface area contributed by atoms with Gasteiger partial charge in [0.15, 0.2) is 0 Å². The lowest BCUT2D eigenvalue weighted by molar-refractivity contribution is -0.117. The third-order valence-electron chi connectivity index (χ3n) is 2.68. The molecule has 1 atom stereocenters. The summed E-state index contributed by atoms with van der Waals surface area (Å²) < 4.78 is 0. The molecule has 1 aliphatic carbocycles. The van der Waals surface area contributed by atoms with Gasteiger partial charge in [0.2, 0.25) is 0 Å². The highest BCUT2D eigenvalue weighted by atomic mass is 35.5. The molecular weight excluding hydrogens is 200 g/mol. The van der Waals surface area contributed by atoms with Gasteiger partial charge >= 0.3 is 0 Å². The summed E-state index contributed by atoms with van der Waals surface area (Å²) in [6.07, 6.45) is 1.92. The number of benzene rings is 1. The van der Waals surface area contributed by atoms with E-state index in [0.29, 0.717) is 17.9 Å². The van der Waals surface area contributed by atoms with Crippen molar-refractivity contribution in [2.24, 2.45) is 0 Å². The second-order valence-electron chi connectivity index (χ2n) is 3.65. The normalized spacial score (nSPS) is 21.5. The summed E-state index contributed by atoms with van der Waals surface area (Å²) in [5.41, 5.74) is 0.736. The van der Waals surface area contributed by atoms with Gasteiger partial charge in [0.05, 0.1) is 0 Å². The minimum absolute atomic E-state index is 0.108. The molecule has 2 rings (SSSR count). The molecule has 1 unspecified atom stereocenters. The summed E-state index contributed by atoms with van der Waals surface area (Å²) in [5, 5.41) is 10.2. The molecule has 0 aromatic heterocycles. The SMILES string of the molecule is O=C1CCC(c2c(O)cccc2Cl)C1. The van der Waals surface area contributed by atoms with E-state index in [1.807, 2.05) is 0 Å². The van der Waals surface area contributed by atoms with Gasteiger partial charge in [0.25, 0.3) is 0 Å². The van der Waals surface area contributed by atoms with Crippen LogP contribution in [-0.2, 0) is 4.79 Å². The molecule has 0 heterocycles. The van der Waals surface area contributed by atoms with Crippen LogP contribution in [0.2, 0.25) is 5.02 Å². The highest BCUT2D eigenvalue weighted by molar-refractivity contribution is 6.31. The number of phenolic OH excluding ortho intramolecular Hbond substituents is 1. The van der Waals surface area contributed by atoms with Crippen LogP contribution in [0.3, 0.4) is 0 Å². The largest absolute Gasteiger partial charge is 0.508 e. The predicted molar refractivity (Wildman–Crippen MR) is 54.7 cm³/mol. The van der Waals surface area contributed by atoms with Crippen molar-refractivity contribution in [3.63, 3.8) is 0 Å². The van der Waals surface area contributed by atoms with E-state index in [9.17, 15) is 9.90 Å². The molecule has 14 heavy (non-hydrogen) atoms. The smallest absolute Gasteiger partial charge is 0.133 e. The molecule has 1 aromatic rings. The molecule has 0 spiro atoms. The Bertz CT molecular complexity index is 353. The number of hydrogen-bond donors (Lipinski definition) is 1. The molecule has 1 aliphatic rings. The number of phenols is 1. The first kappa shape index (κ1) is 9.53. The van der Waals surface area contributed by atoms with Crippen LogP contribution in [0.25, 0.3) is 0 Å². The summed E-state index contributed by atoms with van der Waals surface area (Å²) in [6, 6.07) is 5.07. The Morgan fingerprint density at radius 2 is 2.21 bits per heavy atom. The van der Waals surface area contributed by atoms with Crippen LogP contribution in [0, 0.1) is 0 Å². The average molecular weight is 211 g/mol. The summed E-state index contributed by atoms with van der Waals surface area (Å²) >= 11 is 5.99. The lowest BCUT2D eigenvalue weighted by Gasteiger charge is -2.12. The fourth-order valence-electron chi connectivity index (χ4n) is 1.99. The monoisotopic (exact) mass is 210 g/mol. The number of carbonyl (C=O) groups is 1. The molecule has 0 radical (unpaired) electrons. The topological polar surface area (TPSA) is 37.3 Å². The molecule has 3 heteroatoms. The van der Waals surface area contributed by atoms with Gasteiger partial charge in [-0.3, -0.25) is 4.79 Å². The zero-order valence-electron chi connectivity index (χ0n) is 7.66. The molecule has 74 valence electrons. The number of hydrogen-bond acceptors (Lipinski definition) is 2. The van der Waals surface area contributed by atoms with E-state index in [0.717, 1.165) is 12.0 Å². The van der Waals surface area contributed by atoms with Crippen molar-refractivity contribution in [1.29, 1.82) is 0 Å². The van der Waals surface area contributed by atoms with Crippen LogP contribution < -0.4 is 0 Å². The third-order valence-corrected chi connectivity index (χ3v) is 3.01. The van der Waals surface area contributed by atoms with Crippen molar-refractivity contribution < 1.29 is 9.90 Å². The fraction of sp³-hybridized carbons (Fsp3) is 0.364. The van der Waals surface area contributed by atoms with Crippen molar-refractivity contribution in [1.82, 2.24) is 0 Å². The lowest BCUT2D eigenvalue weighted by atomic mass is 9.97. The quantitative estimate of drug-likeness (QED) is 0.774. The zero-order chi connectivity index (χ0) is 10.1. The molecule has 0 bridgehead atoms. The highest BCUT2D eigenvalue weighted by Gasteiger charge is 2.27. The Morgan fingerprint density at radius 3 is 2.79 bits per heavy atom. The molecule has 1 N–H and O–H groups in total. The van der Waals surface area contributed by atoms with Gasteiger partial charge in [0, 0.05) is 23.4 Å². The fourth-order valence-corrected chi connectivity index (χ4v) is 2.31. The average Bonchev–Trinajstić information content (AvgIpc) is 2.51. The van der Waals surface area contributed by atoms with Crippen LogP contribution in [0.4, 0.5) is 0 Å². The van der Waals surface area contributed by atoms with Crippen molar-refractivity contribution in [3.05, 3.63) is 28.8 Å². The van der Waals surface area contributed by atoms with Gasteiger partial charge in [-0.25, -0.2) is 0 Å². The first-order chi connectivity index (χ1) is 6.68. The van der Waals surface area contributed by atoms with E-state index in [2.05, 4.69) is 0 Å². The molecule has 1 fully saturated rings. The maximum absolute atomic E-state index is 11.1. The number of rotatable bonds is 1. The van der Waals surface area contributed by atoms with E-state index in [-0.39, 0.29) is 17.5 Å². The Morgan fingerprint density at radius 1 is 1.43 bits per heavy atom. The third kappa shape index (κ3) is 1.62. The summed E-state index contributed by atoms with van der Waals surface area (Å²) in [6.45, 7) is 0. The van der Waals surface area contributed by atoms with Crippen LogP contribution >= 0.6 is 11.6 Å². The second-order valence-corrected chi connectivity index (χ2v) is 4.06. The minimum atomic E-state index is 0.108. The van der Waals surface area contributed by atoms with Crippen molar-refractivity contribution in [2.75, 3.05) is 0 Å². The van der Waals surface area contributed by atoms with Crippen molar-refractivity contribution >= 4 is 17.4 Å². The molecule has 0 amide bonds. The second kappa shape index (κ2) is 3.62. The number of Topliss-reactive ketones (excluding diaryl/α,β-unsaturated/α-hetero) is 1. The molecule has 0 saturated heterocycles. The Hall–Kier alpha value is -1.02. The molecule has 0 aliphatic heterocycles. The molecule has 1 aromatic carbocycles. The van der Waals surface area contributed by atoms with E-state index in [1.54, 1.807) is 18.2 Å². The minimum Gasteiger partial charge on any atom is -0.508 e. The van der Waals surface area contributed by atoms with E-state index in [1.165, 1.54) is 0 Å². The van der Waals surface area contributed by atoms with Crippen LogP contribution in [-0.4, -0.2) is 10.9 Å². The molecule has 1 saturated carbocycles. The molecule has 2 nitrogen and oxygen atoms in total. The first-order valence-corrected chi connectivity index (χ1v) is 5.05.